The first-order valence-electron chi connectivity index (χ1n) is 6.73. The number of nitrogens with one attached hydrogen (secondary N) is 1. The molecule has 1 aliphatic rings. The van der Waals surface area contributed by atoms with Crippen molar-refractivity contribution in [3.8, 4) is 0 Å². The van der Waals surface area contributed by atoms with E-state index in [1.165, 1.54) is 4.90 Å². The summed E-state index contributed by atoms with van der Waals surface area (Å²) in [6.45, 7) is 6.27. The van der Waals surface area contributed by atoms with Gasteiger partial charge in [0.15, 0.2) is 0 Å². The third-order valence-corrected chi connectivity index (χ3v) is 3.81. The Labute approximate surface area is 124 Å². The molecule has 4 nitrogen and oxygen atoms in total. The Morgan fingerprint density at radius 3 is 2.65 bits per heavy atom. The van der Waals surface area contributed by atoms with Crippen LogP contribution in [0.3, 0.4) is 0 Å². The molecule has 1 heterocycles. The number of carbonyl (C=O) groups excluding carboxylic acids is 1. The minimum absolute atomic E-state index is 0.0185. The fraction of sp³-hybridized carbons (Fsp3) is 0.533. The number of thioether (sulfide) groups is 1. The molecule has 1 fully saturated rings. The lowest BCUT2D eigenvalue weighted by Gasteiger charge is -2.22. The van der Waals surface area contributed by atoms with Gasteiger partial charge in [0.25, 0.3) is 0 Å². The van der Waals surface area contributed by atoms with Crippen LogP contribution in [-0.4, -0.2) is 36.2 Å². The molecule has 1 amide bonds. The Balaban J connectivity index is 1.83. The molecule has 2 atom stereocenters. The van der Waals surface area contributed by atoms with Gasteiger partial charge in [-0.1, -0.05) is 18.2 Å². The highest BCUT2D eigenvalue weighted by Gasteiger charge is 2.34. The predicted octanol–water partition coefficient (Wildman–Crippen LogP) is 3.07. The topological polar surface area (TPSA) is 50.9 Å². The smallest absolute Gasteiger partial charge is 0.407 e. The van der Waals surface area contributed by atoms with Gasteiger partial charge in [0.1, 0.15) is 11.7 Å². The Kier molecular flexibility index (Phi) is 4.94. The van der Waals surface area contributed by atoms with Gasteiger partial charge in [0, 0.05) is 10.6 Å². The number of ether oxygens (including phenoxy) is 2. The van der Waals surface area contributed by atoms with Crippen LogP contribution < -0.4 is 5.32 Å². The highest BCUT2D eigenvalue weighted by atomic mass is 32.2. The van der Waals surface area contributed by atoms with Gasteiger partial charge in [-0.05, 0) is 32.9 Å². The van der Waals surface area contributed by atoms with E-state index < -0.39 is 5.60 Å². The maximum atomic E-state index is 11.8. The van der Waals surface area contributed by atoms with Crippen LogP contribution in [0.15, 0.2) is 35.2 Å². The summed E-state index contributed by atoms with van der Waals surface area (Å²) < 4.78 is 10.6. The first-order valence-corrected chi connectivity index (χ1v) is 7.71. The molecule has 1 N–H and O–H groups in total. The van der Waals surface area contributed by atoms with Crippen molar-refractivity contribution in [2.24, 2.45) is 0 Å². The summed E-state index contributed by atoms with van der Waals surface area (Å²) in [6.07, 6.45) is -0.273. The number of hydrogen-bond donors (Lipinski definition) is 1. The number of carbonyl (C=O) groups is 1. The normalized spacial score (nSPS) is 19.2. The molecule has 1 aromatic rings. The van der Waals surface area contributed by atoms with Crippen LogP contribution in [0, 0.1) is 0 Å². The van der Waals surface area contributed by atoms with Gasteiger partial charge in [-0.3, -0.25) is 0 Å². The fourth-order valence-electron chi connectivity index (χ4n) is 1.69. The molecule has 0 aromatic heterocycles. The summed E-state index contributed by atoms with van der Waals surface area (Å²) in [5, 5.41) is 2.90. The van der Waals surface area contributed by atoms with Gasteiger partial charge in [0.05, 0.1) is 12.6 Å². The Morgan fingerprint density at radius 1 is 1.45 bits per heavy atom. The molecule has 5 heteroatoms. The van der Waals surface area contributed by atoms with Crippen molar-refractivity contribution in [1.29, 1.82) is 0 Å². The van der Waals surface area contributed by atoms with E-state index in [0.717, 1.165) is 5.75 Å². The molecule has 0 unspecified atom stereocenters. The average molecular weight is 295 g/mol. The molecule has 0 bridgehead atoms. The lowest BCUT2D eigenvalue weighted by molar-refractivity contribution is 0.0501. The highest BCUT2D eigenvalue weighted by Crippen LogP contribution is 2.23. The third kappa shape index (κ3) is 5.43. The van der Waals surface area contributed by atoms with E-state index in [1.54, 1.807) is 11.8 Å². The Morgan fingerprint density at radius 2 is 2.10 bits per heavy atom. The minimum Gasteiger partial charge on any atom is -0.444 e. The molecule has 0 aliphatic carbocycles. The standard InChI is InChI=1S/C15H21NO3S/c1-15(2,3)19-14(17)16-12(13-9-18-13)10-20-11-7-5-4-6-8-11/h4-8,12-13H,9-10H2,1-3H3,(H,16,17)/t12-,13-/m1/s1. The molecular weight excluding hydrogens is 274 g/mol. The number of amides is 1. The van der Waals surface area contributed by atoms with E-state index in [-0.39, 0.29) is 18.2 Å². The van der Waals surface area contributed by atoms with Gasteiger partial charge in [-0.15, -0.1) is 11.8 Å². The molecule has 2 rings (SSSR count). The lowest BCUT2D eigenvalue weighted by Crippen LogP contribution is -2.43. The summed E-state index contributed by atoms with van der Waals surface area (Å²) >= 11 is 1.71. The number of epoxide rings is 1. The van der Waals surface area contributed by atoms with E-state index in [0.29, 0.717) is 6.61 Å². The Hall–Kier alpha value is -1.20. The van der Waals surface area contributed by atoms with Crippen LogP contribution in [0.4, 0.5) is 4.79 Å². The van der Waals surface area contributed by atoms with Gasteiger partial charge in [0.2, 0.25) is 0 Å². The van der Waals surface area contributed by atoms with Crippen molar-refractivity contribution in [2.45, 2.75) is 43.4 Å². The number of rotatable bonds is 5. The zero-order valence-corrected chi connectivity index (χ0v) is 12.9. The van der Waals surface area contributed by atoms with E-state index >= 15 is 0 Å². The number of alkyl carbamates (subject to hydrolysis) is 1. The second kappa shape index (κ2) is 6.50. The average Bonchev–Trinajstić information content (AvgIpc) is 3.17. The molecule has 1 aliphatic heterocycles. The first-order chi connectivity index (χ1) is 9.44. The zero-order valence-electron chi connectivity index (χ0n) is 12.1. The van der Waals surface area contributed by atoms with Crippen molar-refractivity contribution < 1.29 is 14.3 Å². The summed E-state index contributed by atoms with van der Waals surface area (Å²) in [5.41, 5.74) is -0.481. The third-order valence-electron chi connectivity index (χ3n) is 2.68. The van der Waals surface area contributed by atoms with E-state index in [1.807, 2.05) is 39.0 Å². The molecule has 1 aromatic carbocycles. The van der Waals surface area contributed by atoms with Gasteiger partial charge >= 0.3 is 6.09 Å². The van der Waals surface area contributed by atoms with Crippen molar-refractivity contribution >= 4 is 17.9 Å². The van der Waals surface area contributed by atoms with Crippen LogP contribution in [-0.2, 0) is 9.47 Å². The van der Waals surface area contributed by atoms with Crippen LogP contribution in [0.1, 0.15) is 20.8 Å². The molecule has 0 radical (unpaired) electrons. The molecular formula is C15H21NO3S. The van der Waals surface area contributed by atoms with Crippen LogP contribution >= 0.6 is 11.8 Å². The first kappa shape index (κ1) is 15.2. The van der Waals surface area contributed by atoms with Gasteiger partial charge < -0.3 is 14.8 Å². The maximum Gasteiger partial charge on any atom is 0.407 e. The maximum absolute atomic E-state index is 11.8. The highest BCUT2D eigenvalue weighted by molar-refractivity contribution is 7.99. The van der Waals surface area contributed by atoms with Crippen molar-refractivity contribution in [2.75, 3.05) is 12.4 Å². The van der Waals surface area contributed by atoms with E-state index in [4.69, 9.17) is 9.47 Å². The second-order valence-electron chi connectivity index (χ2n) is 5.75. The second-order valence-corrected chi connectivity index (χ2v) is 6.84. The quantitative estimate of drug-likeness (QED) is 0.670. The van der Waals surface area contributed by atoms with Crippen molar-refractivity contribution in [3.05, 3.63) is 30.3 Å². The molecule has 20 heavy (non-hydrogen) atoms. The molecule has 0 saturated carbocycles. The van der Waals surface area contributed by atoms with Crippen LogP contribution in [0.5, 0.6) is 0 Å². The predicted molar refractivity (Wildman–Crippen MR) is 80.1 cm³/mol. The van der Waals surface area contributed by atoms with E-state index in [9.17, 15) is 4.79 Å². The fourth-order valence-corrected chi connectivity index (χ4v) is 2.71. The Bertz CT molecular complexity index is 440. The SMILES string of the molecule is CC(C)(C)OC(=O)N[C@H](CSc1ccccc1)[C@H]1CO1. The lowest BCUT2D eigenvalue weighted by atomic mass is 10.2. The van der Waals surface area contributed by atoms with Crippen LogP contribution in [0.25, 0.3) is 0 Å². The largest absolute Gasteiger partial charge is 0.444 e. The van der Waals surface area contributed by atoms with Crippen LogP contribution in [0.2, 0.25) is 0 Å². The molecule has 110 valence electrons. The summed E-state index contributed by atoms with van der Waals surface area (Å²) in [7, 11) is 0. The molecule has 1 saturated heterocycles. The monoisotopic (exact) mass is 295 g/mol. The van der Waals surface area contributed by atoms with Crippen molar-refractivity contribution in [3.63, 3.8) is 0 Å². The number of hydrogen-bond acceptors (Lipinski definition) is 4. The zero-order chi connectivity index (χ0) is 14.6. The van der Waals surface area contributed by atoms with Gasteiger partial charge in [-0.25, -0.2) is 4.79 Å². The number of benzene rings is 1. The summed E-state index contributed by atoms with van der Waals surface area (Å²) in [6, 6.07) is 10.1. The summed E-state index contributed by atoms with van der Waals surface area (Å²) in [4.78, 5) is 13.0. The van der Waals surface area contributed by atoms with Crippen molar-refractivity contribution in [1.82, 2.24) is 5.32 Å². The summed E-state index contributed by atoms with van der Waals surface area (Å²) in [5.74, 6) is 0.772. The molecule has 0 spiro atoms. The van der Waals surface area contributed by atoms with E-state index in [2.05, 4.69) is 17.4 Å². The van der Waals surface area contributed by atoms with Gasteiger partial charge in [-0.2, -0.15) is 0 Å². The minimum atomic E-state index is -0.481.